The van der Waals surface area contributed by atoms with Crippen molar-refractivity contribution in [3.8, 4) is 17.2 Å². The Morgan fingerprint density at radius 3 is 2.90 bits per heavy atom. The molecule has 2 aromatic heterocycles. The van der Waals surface area contributed by atoms with Crippen LogP contribution in [0.15, 0.2) is 30.5 Å². The molecule has 0 fully saturated rings. The average molecular weight is 412 g/mol. The number of pyridine rings is 1. The molecule has 1 atom stereocenters. The second-order valence-corrected chi connectivity index (χ2v) is 7.41. The quantitative estimate of drug-likeness (QED) is 0.613. The third-order valence-electron chi connectivity index (χ3n) is 4.78. The second-order valence-electron chi connectivity index (χ2n) is 7.41. The van der Waals surface area contributed by atoms with Gasteiger partial charge in [0.2, 0.25) is 6.79 Å². The number of nitrogens with zero attached hydrogens (tertiary/aromatic N) is 3. The fourth-order valence-corrected chi connectivity index (χ4v) is 3.20. The largest absolute Gasteiger partial charge is 0.491 e. The van der Waals surface area contributed by atoms with Crippen molar-refractivity contribution in [1.29, 1.82) is 0 Å². The fraction of sp³-hybridized carbons (Fsp3) is 0.381. The van der Waals surface area contributed by atoms with Gasteiger partial charge in [-0.2, -0.15) is 5.10 Å². The molecule has 2 N–H and O–H groups in total. The lowest BCUT2D eigenvalue weighted by Crippen LogP contribution is -2.35. The molecular weight excluding hydrogens is 388 g/mol. The summed E-state index contributed by atoms with van der Waals surface area (Å²) in [6, 6.07) is 7.14. The first-order chi connectivity index (χ1) is 14.4. The van der Waals surface area contributed by atoms with Crippen molar-refractivity contribution >= 4 is 16.9 Å². The molecular formula is C21H24N4O5. The van der Waals surface area contributed by atoms with Crippen molar-refractivity contribution < 1.29 is 24.1 Å². The van der Waals surface area contributed by atoms with Crippen LogP contribution in [0.3, 0.4) is 0 Å². The molecule has 1 aliphatic heterocycles. The summed E-state index contributed by atoms with van der Waals surface area (Å²) in [4.78, 5) is 17.1. The maximum absolute atomic E-state index is 12.6. The molecule has 0 saturated heterocycles. The summed E-state index contributed by atoms with van der Waals surface area (Å²) in [6.07, 6.45) is 0.826. The van der Waals surface area contributed by atoms with E-state index in [1.807, 2.05) is 18.5 Å². The van der Waals surface area contributed by atoms with Gasteiger partial charge in [-0.05, 0) is 39.0 Å². The van der Waals surface area contributed by atoms with Gasteiger partial charge in [0.25, 0.3) is 5.91 Å². The number of benzene rings is 1. The lowest BCUT2D eigenvalue weighted by Gasteiger charge is -2.14. The minimum atomic E-state index is -0.875. The first-order valence-electron chi connectivity index (χ1n) is 9.76. The zero-order chi connectivity index (χ0) is 21.3. The van der Waals surface area contributed by atoms with Crippen LogP contribution in [0.2, 0.25) is 0 Å². The Labute approximate surface area is 173 Å². The summed E-state index contributed by atoms with van der Waals surface area (Å²) >= 11 is 0. The van der Waals surface area contributed by atoms with E-state index in [9.17, 15) is 9.90 Å². The predicted molar refractivity (Wildman–Crippen MR) is 109 cm³/mol. The van der Waals surface area contributed by atoms with E-state index in [-0.39, 0.29) is 31.9 Å². The van der Waals surface area contributed by atoms with E-state index < -0.39 is 6.10 Å². The zero-order valence-electron chi connectivity index (χ0n) is 17.1. The molecule has 3 aromatic rings. The smallest absolute Gasteiger partial charge is 0.253 e. The van der Waals surface area contributed by atoms with E-state index in [4.69, 9.17) is 14.2 Å². The van der Waals surface area contributed by atoms with Crippen LogP contribution in [-0.2, 0) is 0 Å². The molecule has 4 rings (SSSR count). The highest BCUT2D eigenvalue weighted by Gasteiger charge is 2.17. The number of amides is 1. The lowest BCUT2D eigenvalue weighted by atomic mass is 10.1. The first-order valence-corrected chi connectivity index (χ1v) is 9.76. The molecule has 0 spiro atoms. The molecule has 0 aliphatic carbocycles. The number of aromatic nitrogens is 3. The lowest BCUT2D eigenvalue weighted by molar-refractivity contribution is 0.0843. The molecule has 3 heterocycles. The zero-order valence-corrected chi connectivity index (χ0v) is 17.1. The van der Waals surface area contributed by atoms with Crippen LogP contribution in [-0.4, -0.2) is 51.8 Å². The molecule has 1 unspecified atom stereocenters. The normalized spacial score (nSPS) is 13.6. The number of aryl methyl sites for hydroxylation is 1. The Bertz CT molecular complexity index is 1080. The molecule has 1 aromatic carbocycles. The number of hydrogen-bond donors (Lipinski definition) is 2. The first kappa shape index (κ1) is 20.0. The average Bonchev–Trinajstić information content (AvgIpc) is 3.35. The summed E-state index contributed by atoms with van der Waals surface area (Å²) < 4.78 is 17.9. The third kappa shape index (κ3) is 4.02. The van der Waals surface area contributed by atoms with Gasteiger partial charge in [-0.1, -0.05) is 0 Å². The number of carbonyl (C=O) groups is 1. The van der Waals surface area contributed by atoms with Crippen molar-refractivity contribution in [2.45, 2.75) is 32.9 Å². The van der Waals surface area contributed by atoms with Crippen molar-refractivity contribution in [3.05, 3.63) is 41.7 Å². The monoisotopic (exact) mass is 412 g/mol. The minimum Gasteiger partial charge on any atom is -0.491 e. The highest BCUT2D eigenvalue weighted by atomic mass is 16.7. The molecule has 0 bridgehead atoms. The maximum atomic E-state index is 12.6. The standard InChI is InChI=1S/C21H24N4O5/c1-12(2)25-20-14(8-23-25)6-17(13(3)24-20)21(27)22-9-15(26)10-28-16-4-5-18-19(7-16)30-11-29-18/h4-8,12,15,26H,9-11H2,1-3H3,(H,22,27). The Morgan fingerprint density at radius 2 is 2.10 bits per heavy atom. The molecule has 1 aliphatic rings. The topological polar surface area (TPSA) is 108 Å². The van der Waals surface area contributed by atoms with E-state index in [1.165, 1.54) is 0 Å². The number of nitrogens with one attached hydrogen (secondary N) is 1. The number of rotatable bonds is 7. The molecule has 9 heteroatoms. The van der Waals surface area contributed by atoms with Gasteiger partial charge in [0.1, 0.15) is 18.5 Å². The van der Waals surface area contributed by atoms with Gasteiger partial charge in [-0.25, -0.2) is 9.67 Å². The van der Waals surface area contributed by atoms with E-state index in [0.717, 1.165) is 11.0 Å². The highest BCUT2D eigenvalue weighted by Crippen LogP contribution is 2.35. The van der Waals surface area contributed by atoms with Gasteiger partial charge in [0.05, 0.1) is 17.5 Å². The van der Waals surface area contributed by atoms with Crippen molar-refractivity contribution in [3.63, 3.8) is 0 Å². The van der Waals surface area contributed by atoms with E-state index >= 15 is 0 Å². The Morgan fingerprint density at radius 1 is 1.30 bits per heavy atom. The second kappa shape index (κ2) is 8.19. The molecule has 9 nitrogen and oxygen atoms in total. The highest BCUT2D eigenvalue weighted by molar-refractivity contribution is 5.98. The summed E-state index contributed by atoms with van der Waals surface area (Å²) in [5.74, 6) is 1.52. The number of carbonyl (C=O) groups excluding carboxylic acids is 1. The number of aliphatic hydroxyl groups is 1. The van der Waals surface area contributed by atoms with Gasteiger partial charge in [0.15, 0.2) is 17.1 Å². The maximum Gasteiger partial charge on any atom is 0.253 e. The van der Waals surface area contributed by atoms with Crippen molar-refractivity contribution in [2.75, 3.05) is 19.9 Å². The predicted octanol–water partition coefficient (Wildman–Crippen LogP) is 2.22. The van der Waals surface area contributed by atoms with Crippen LogP contribution in [0, 0.1) is 6.92 Å². The Balaban J connectivity index is 1.34. The van der Waals surface area contributed by atoms with Crippen LogP contribution in [0.25, 0.3) is 11.0 Å². The van der Waals surface area contributed by atoms with Gasteiger partial charge in [0, 0.05) is 24.0 Å². The molecule has 30 heavy (non-hydrogen) atoms. The van der Waals surface area contributed by atoms with Crippen LogP contribution < -0.4 is 19.5 Å². The number of aliphatic hydroxyl groups excluding tert-OH is 1. The van der Waals surface area contributed by atoms with E-state index in [1.54, 1.807) is 37.4 Å². The summed E-state index contributed by atoms with van der Waals surface area (Å²) in [5.41, 5.74) is 1.81. The summed E-state index contributed by atoms with van der Waals surface area (Å²) in [6.45, 7) is 6.09. The minimum absolute atomic E-state index is 0.0251. The molecule has 0 radical (unpaired) electrons. The molecule has 1 amide bonds. The van der Waals surface area contributed by atoms with E-state index in [2.05, 4.69) is 15.4 Å². The fourth-order valence-electron chi connectivity index (χ4n) is 3.20. The molecule has 0 saturated carbocycles. The Hall–Kier alpha value is -3.33. The van der Waals surface area contributed by atoms with Crippen molar-refractivity contribution in [1.82, 2.24) is 20.1 Å². The summed E-state index contributed by atoms with van der Waals surface area (Å²) in [7, 11) is 0. The van der Waals surface area contributed by atoms with Crippen LogP contribution in [0.1, 0.15) is 35.9 Å². The Kier molecular flexibility index (Phi) is 5.45. The summed E-state index contributed by atoms with van der Waals surface area (Å²) in [5, 5.41) is 18.0. The van der Waals surface area contributed by atoms with Crippen LogP contribution in [0.5, 0.6) is 17.2 Å². The number of ether oxygens (including phenoxy) is 3. The van der Waals surface area contributed by atoms with Crippen LogP contribution >= 0.6 is 0 Å². The van der Waals surface area contributed by atoms with Gasteiger partial charge >= 0.3 is 0 Å². The third-order valence-corrected chi connectivity index (χ3v) is 4.78. The molecule has 158 valence electrons. The van der Waals surface area contributed by atoms with Gasteiger partial charge < -0.3 is 24.6 Å². The van der Waals surface area contributed by atoms with Crippen molar-refractivity contribution in [2.24, 2.45) is 0 Å². The van der Waals surface area contributed by atoms with Gasteiger partial charge in [-0.3, -0.25) is 4.79 Å². The van der Waals surface area contributed by atoms with Crippen LogP contribution in [0.4, 0.5) is 0 Å². The number of fused-ring (bicyclic) bond motifs is 2. The number of hydrogen-bond acceptors (Lipinski definition) is 7. The van der Waals surface area contributed by atoms with Gasteiger partial charge in [-0.15, -0.1) is 0 Å². The van der Waals surface area contributed by atoms with E-state index in [0.29, 0.717) is 28.5 Å². The SMILES string of the molecule is Cc1nc2c(cnn2C(C)C)cc1C(=O)NCC(O)COc1ccc2c(c1)OCO2.